The molecule has 7 nitrogen and oxygen atoms in total. The van der Waals surface area contributed by atoms with Gasteiger partial charge in [-0.2, -0.15) is 0 Å². The fourth-order valence-corrected chi connectivity index (χ4v) is 4.07. The number of aryl methyl sites for hydroxylation is 1. The van der Waals surface area contributed by atoms with Gasteiger partial charge in [-0.05, 0) is 24.1 Å². The van der Waals surface area contributed by atoms with Gasteiger partial charge in [0.25, 0.3) is 11.5 Å². The number of nitrogens with zero attached hydrogens (tertiary/aromatic N) is 3. The molecule has 0 fully saturated rings. The highest BCUT2D eigenvalue weighted by Crippen LogP contribution is 2.26. The number of para-hydroxylation sites is 2. The van der Waals surface area contributed by atoms with Crippen molar-refractivity contribution < 1.29 is 9.53 Å². The van der Waals surface area contributed by atoms with Gasteiger partial charge in [0.2, 0.25) is 0 Å². The number of aromatic nitrogens is 3. The Morgan fingerprint density at radius 1 is 1.09 bits per heavy atom. The summed E-state index contributed by atoms with van der Waals surface area (Å²) in [4.78, 5) is 31.2. The number of imidazole rings is 1. The second kappa shape index (κ2) is 8.96. The Labute approximate surface area is 186 Å². The topological polar surface area (TPSA) is 78.2 Å². The molecule has 0 spiro atoms. The molecule has 0 aliphatic carbocycles. The minimum Gasteiger partial charge on any atom is -0.383 e. The molecular weight excluding hydrogens is 404 g/mol. The van der Waals surface area contributed by atoms with Crippen LogP contribution < -0.4 is 10.9 Å². The molecule has 0 radical (unpaired) electrons. The number of carbonyl (C=O) groups is 1. The first-order chi connectivity index (χ1) is 15.4. The van der Waals surface area contributed by atoms with E-state index in [2.05, 4.69) is 19.2 Å². The summed E-state index contributed by atoms with van der Waals surface area (Å²) in [5, 5.41) is 4.33. The number of methoxy groups -OCH3 is 1. The summed E-state index contributed by atoms with van der Waals surface area (Å²) in [6.07, 6.45) is 1.63. The maximum absolute atomic E-state index is 13.5. The quantitative estimate of drug-likeness (QED) is 0.483. The maximum atomic E-state index is 13.5. The lowest BCUT2D eigenvalue weighted by molar-refractivity contribution is 0.0923. The third kappa shape index (κ3) is 3.91. The van der Waals surface area contributed by atoms with E-state index in [1.165, 1.54) is 0 Å². The van der Waals surface area contributed by atoms with Crippen LogP contribution in [0.2, 0.25) is 0 Å². The molecule has 0 aliphatic heterocycles. The zero-order chi connectivity index (χ0) is 22.8. The fourth-order valence-electron chi connectivity index (χ4n) is 4.07. The Morgan fingerprint density at radius 2 is 1.78 bits per heavy atom. The second-order valence-electron chi connectivity index (χ2n) is 8.29. The first kappa shape index (κ1) is 21.8. The largest absolute Gasteiger partial charge is 0.383 e. The van der Waals surface area contributed by atoms with E-state index in [1.54, 1.807) is 23.9 Å². The molecule has 166 valence electrons. The standard InChI is InChI=1S/C25H28N4O3/c1-16(2)22(23-26-20-11-7-8-12-21(20)28(23)3)27-24(30)19-15-29(13-14-32-4)25(31)18-10-6-5-9-17(18)19/h5-12,15-16,22H,13-14H2,1-4H3,(H,27,30). The van der Waals surface area contributed by atoms with Crippen molar-refractivity contribution in [2.75, 3.05) is 13.7 Å². The van der Waals surface area contributed by atoms with Crippen molar-refractivity contribution in [3.05, 3.63) is 76.5 Å². The minimum absolute atomic E-state index is 0.111. The number of hydrogen-bond acceptors (Lipinski definition) is 4. The molecule has 2 aromatic heterocycles. The number of nitrogens with one attached hydrogen (secondary N) is 1. The molecular formula is C25H28N4O3. The van der Waals surface area contributed by atoms with Crippen molar-refractivity contribution in [3.63, 3.8) is 0 Å². The number of amides is 1. The lowest BCUT2D eigenvalue weighted by Crippen LogP contribution is -2.34. The summed E-state index contributed by atoms with van der Waals surface area (Å²) in [5.41, 5.74) is 2.23. The predicted octanol–water partition coefficient (Wildman–Crippen LogP) is 3.66. The number of rotatable bonds is 7. The van der Waals surface area contributed by atoms with E-state index < -0.39 is 0 Å². The zero-order valence-electron chi connectivity index (χ0n) is 18.8. The smallest absolute Gasteiger partial charge is 0.258 e. The van der Waals surface area contributed by atoms with Crippen LogP contribution in [0.3, 0.4) is 0 Å². The highest BCUT2D eigenvalue weighted by molar-refractivity contribution is 6.06. The average molecular weight is 433 g/mol. The molecule has 2 aromatic carbocycles. The highest BCUT2D eigenvalue weighted by atomic mass is 16.5. The molecule has 7 heteroatoms. The number of hydrogen-bond donors (Lipinski definition) is 1. The van der Waals surface area contributed by atoms with Crippen LogP contribution in [0, 0.1) is 5.92 Å². The zero-order valence-corrected chi connectivity index (χ0v) is 18.8. The van der Waals surface area contributed by atoms with Crippen molar-refractivity contribution in [3.8, 4) is 0 Å². The highest BCUT2D eigenvalue weighted by Gasteiger charge is 2.25. The Morgan fingerprint density at radius 3 is 2.47 bits per heavy atom. The third-order valence-corrected chi connectivity index (χ3v) is 5.83. The average Bonchev–Trinajstić information content (AvgIpc) is 3.13. The van der Waals surface area contributed by atoms with Crippen LogP contribution in [0.15, 0.2) is 59.5 Å². The van der Waals surface area contributed by atoms with E-state index in [0.29, 0.717) is 29.5 Å². The van der Waals surface area contributed by atoms with Crippen LogP contribution in [0.4, 0.5) is 0 Å². The van der Waals surface area contributed by atoms with Crippen molar-refractivity contribution in [1.82, 2.24) is 19.4 Å². The Kier molecular flexibility index (Phi) is 6.10. The van der Waals surface area contributed by atoms with Gasteiger partial charge in [-0.3, -0.25) is 9.59 Å². The van der Waals surface area contributed by atoms with Gasteiger partial charge in [-0.15, -0.1) is 0 Å². The molecule has 4 aromatic rings. The summed E-state index contributed by atoms with van der Waals surface area (Å²) in [6, 6.07) is 14.8. The number of ether oxygens (including phenoxy) is 1. The van der Waals surface area contributed by atoms with Crippen LogP contribution in [0.1, 0.15) is 36.1 Å². The Bertz CT molecular complexity index is 1340. The number of carbonyl (C=O) groups excluding carboxylic acids is 1. The molecule has 0 bridgehead atoms. The molecule has 0 saturated carbocycles. The number of benzene rings is 2. The fraction of sp³-hybridized carbons (Fsp3) is 0.320. The first-order valence-corrected chi connectivity index (χ1v) is 10.8. The van der Waals surface area contributed by atoms with Crippen molar-refractivity contribution in [2.24, 2.45) is 13.0 Å². The molecule has 1 amide bonds. The lowest BCUT2D eigenvalue weighted by atomic mass is 10.0. The van der Waals surface area contributed by atoms with Crippen molar-refractivity contribution in [2.45, 2.75) is 26.4 Å². The summed E-state index contributed by atoms with van der Waals surface area (Å²) in [6.45, 7) is 4.87. The molecule has 1 N–H and O–H groups in total. The van der Waals surface area contributed by atoms with E-state index in [0.717, 1.165) is 16.9 Å². The second-order valence-corrected chi connectivity index (χ2v) is 8.29. The van der Waals surface area contributed by atoms with Crippen LogP contribution >= 0.6 is 0 Å². The van der Waals surface area contributed by atoms with Gasteiger partial charge in [0, 0.05) is 37.7 Å². The van der Waals surface area contributed by atoms with Gasteiger partial charge in [-0.1, -0.05) is 44.2 Å². The van der Waals surface area contributed by atoms with Gasteiger partial charge in [0.05, 0.1) is 29.2 Å². The normalized spacial score (nSPS) is 12.5. The monoisotopic (exact) mass is 432 g/mol. The lowest BCUT2D eigenvalue weighted by Gasteiger charge is -2.23. The van der Waals surface area contributed by atoms with E-state index in [4.69, 9.17) is 9.72 Å². The summed E-state index contributed by atoms with van der Waals surface area (Å²) < 4.78 is 8.71. The van der Waals surface area contributed by atoms with Gasteiger partial charge in [0.15, 0.2) is 0 Å². The van der Waals surface area contributed by atoms with E-state index >= 15 is 0 Å². The van der Waals surface area contributed by atoms with Crippen LogP contribution in [-0.2, 0) is 18.3 Å². The summed E-state index contributed by atoms with van der Waals surface area (Å²) >= 11 is 0. The summed E-state index contributed by atoms with van der Waals surface area (Å²) in [5.74, 6) is 0.671. The van der Waals surface area contributed by atoms with Gasteiger partial charge in [-0.25, -0.2) is 4.98 Å². The van der Waals surface area contributed by atoms with Crippen LogP contribution in [-0.4, -0.2) is 33.7 Å². The van der Waals surface area contributed by atoms with Crippen LogP contribution in [0.5, 0.6) is 0 Å². The molecule has 1 atom stereocenters. The number of fused-ring (bicyclic) bond motifs is 2. The first-order valence-electron chi connectivity index (χ1n) is 10.8. The Balaban J connectivity index is 1.76. The van der Waals surface area contributed by atoms with Gasteiger partial charge < -0.3 is 19.2 Å². The molecule has 1 unspecified atom stereocenters. The minimum atomic E-state index is -0.294. The van der Waals surface area contributed by atoms with Gasteiger partial charge >= 0.3 is 0 Å². The number of pyridine rings is 1. The van der Waals surface area contributed by atoms with E-state index in [1.807, 2.05) is 54.1 Å². The molecule has 0 saturated heterocycles. The van der Waals surface area contributed by atoms with Crippen LogP contribution in [0.25, 0.3) is 21.8 Å². The Hall–Kier alpha value is -3.45. The van der Waals surface area contributed by atoms with Crippen molar-refractivity contribution >= 4 is 27.7 Å². The molecule has 4 rings (SSSR count). The molecule has 32 heavy (non-hydrogen) atoms. The maximum Gasteiger partial charge on any atom is 0.258 e. The van der Waals surface area contributed by atoms with E-state index in [9.17, 15) is 9.59 Å². The molecule has 0 aliphatic rings. The SMILES string of the molecule is COCCn1cc(C(=O)NC(c2nc3ccccc3n2C)C(C)C)c2ccccc2c1=O. The van der Waals surface area contributed by atoms with E-state index in [-0.39, 0.29) is 23.4 Å². The predicted molar refractivity (Wildman–Crippen MR) is 126 cm³/mol. The molecule has 2 heterocycles. The van der Waals surface area contributed by atoms with Gasteiger partial charge in [0.1, 0.15) is 5.82 Å². The summed E-state index contributed by atoms with van der Waals surface area (Å²) in [7, 11) is 3.55. The third-order valence-electron chi connectivity index (χ3n) is 5.83. The van der Waals surface area contributed by atoms with Crippen molar-refractivity contribution in [1.29, 1.82) is 0 Å².